The number of halogens is 2. The van der Waals surface area contributed by atoms with E-state index in [4.69, 9.17) is 0 Å². The maximum atomic E-state index is 12.6. The van der Waals surface area contributed by atoms with Crippen molar-refractivity contribution in [2.75, 3.05) is 12.4 Å². The van der Waals surface area contributed by atoms with Gasteiger partial charge in [-0.3, -0.25) is 4.39 Å². The summed E-state index contributed by atoms with van der Waals surface area (Å²) in [5, 5.41) is 0. The van der Waals surface area contributed by atoms with E-state index in [1.165, 1.54) is 0 Å². The Kier molecular flexibility index (Phi) is 6.08. The van der Waals surface area contributed by atoms with Gasteiger partial charge < -0.3 is 0 Å². The third-order valence-corrected chi connectivity index (χ3v) is 2.02. The lowest BCUT2D eigenvalue weighted by Gasteiger charge is -2.10. The van der Waals surface area contributed by atoms with Crippen molar-refractivity contribution in [3.63, 3.8) is 0 Å². The molecule has 0 nitrogen and oxygen atoms in total. The van der Waals surface area contributed by atoms with Gasteiger partial charge in [0.05, 0.1) is 6.67 Å². The van der Waals surface area contributed by atoms with Crippen LogP contribution in [0.25, 0.3) is 0 Å². The molecule has 0 rings (SSSR count). The van der Waals surface area contributed by atoms with Gasteiger partial charge in [0.15, 0.2) is 0 Å². The fourth-order valence-electron chi connectivity index (χ4n) is 0.747. The Labute approximate surface area is 66.4 Å². The van der Waals surface area contributed by atoms with Crippen molar-refractivity contribution in [3.05, 3.63) is 0 Å². The lowest BCUT2D eigenvalue weighted by Crippen LogP contribution is -2.08. The predicted molar refractivity (Wildman–Crippen MR) is 43.1 cm³/mol. The second-order valence-electron chi connectivity index (χ2n) is 2.60. The Bertz CT molecular complexity index is 78.0. The average molecular weight is 168 g/mol. The van der Waals surface area contributed by atoms with E-state index in [0.29, 0.717) is 12.2 Å². The largest absolute Gasteiger partial charge is 0.251 e. The average Bonchev–Trinajstić information content (AvgIpc) is 1.88. The van der Waals surface area contributed by atoms with Crippen molar-refractivity contribution in [1.82, 2.24) is 0 Å². The summed E-state index contributed by atoms with van der Waals surface area (Å²) in [6.07, 6.45) is -0.502. The lowest BCUT2D eigenvalue weighted by atomic mass is 10.1. The molecular formula is C7H14F2S. The van der Waals surface area contributed by atoms with Crippen LogP contribution in [0.4, 0.5) is 8.78 Å². The second-order valence-corrected chi connectivity index (χ2v) is 2.96. The zero-order valence-electron chi connectivity index (χ0n) is 6.19. The molecule has 3 heteroatoms. The maximum absolute atomic E-state index is 12.6. The molecule has 0 aliphatic rings. The lowest BCUT2D eigenvalue weighted by molar-refractivity contribution is 0.247. The van der Waals surface area contributed by atoms with Gasteiger partial charge in [-0.1, -0.05) is 6.92 Å². The van der Waals surface area contributed by atoms with Crippen molar-refractivity contribution in [2.45, 2.75) is 25.9 Å². The molecule has 0 fully saturated rings. The summed E-state index contributed by atoms with van der Waals surface area (Å²) < 4.78 is 24.1. The van der Waals surface area contributed by atoms with Crippen LogP contribution < -0.4 is 0 Å². The first-order valence-corrected chi connectivity index (χ1v) is 4.14. The van der Waals surface area contributed by atoms with Crippen molar-refractivity contribution in [2.24, 2.45) is 5.92 Å². The minimum atomic E-state index is -0.979. The van der Waals surface area contributed by atoms with Crippen molar-refractivity contribution >= 4 is 12.6 Å². The molecule has 0 radical (unpaired) electrons. The van der Waals surface area contributed by atoms with Crippen LogP contribution in [0.3, 0.4) is 0 Å². The summed E-state index contributed by atoms with van der Waals surface area (Å²) in [5.74, 6) is 0.928. The molecule has 0 saturated carbocycles. The van der Waals surface area contributed by atoms with Gasteiger partial charge in [-0.15, -0.1) is 0 Å². The summed E-state index contributed by atoms with van der Waals surface area (Å²) in [6, 6.07) is 0. The highest BCUT2D eigenvalue weighted by atomic mass is 32.1. The molecule has 0 aromatic carbocycles. The summed E-state index contributed by atoms with van der Waals surface area (Å²) in [7, 11) is 0. The van der Waals surface area contributed by atoms with Gasteiger partial charge in [0.25, 0.3) is 0 Å². The van der Waals surface area contributed by atoms with E-state index in [2.05, 4.69) is 12.6 Å². The zero-order valence-corrected chi connectivity index (χ0v) is 7.08. The van der Waals surface area contributed by atoms with Gasteiger partial charge >= 0.3 is 0 Å². The van der Waals surface area contributed by atoms with Crippen LogP contribution in [0.15, 0.2) is 0 Å². The maximum Gasteiger partial charge on any atom is 0.103 e. The molecule has 0 aliphatic heterocycles. The van der Waals surface area contributed by atoms with Gasteiger partial charge in [-0.05, 0) is 18.1 Å². The smallest absolute Gasteiger partial charge is 0.103 e. The van der Waals surface area contributed by atoms with E-state index in [-0.39, 0.29) is 12.3 Å². The van der Waals surface area contributed by atoms with Crippen LogP contribution in [0, 0.1) is 5.92 Å². The number of rotatable bonds is 5. The normalized spacial score (nSPS) is 16.8. The molecule has 2 atom stereocenters. The third kappa shape index (κ3) is 5.03. The first-order chi connectivity index (χ1) is 4.70. The Hall–Kier alpha value is 0.210. The van der Waals surface area contributed by atoms with E-state index in [1.807, 2.05) is 6.92 Å². The SMILES string of the molecule is CC(CS)CC(F)CCF. The highest BCUT2D eigenvalue weighted by Crippen LogP contribution is 2.12. The van der Waals surface area contributed by atoms with E-state index in [9.17, 15) is 8.78 Å². The van der Waals surface area contributed by atoms with Crippen LogP contribution >= 0.6 is 12.6 Å². The van der Waals surface area contributed by atoms with Crippen LogP contribution in [0.5, 0.6) is 0 Å². The van der Waals surface area contributed by atoms with Gasteiger partial charge in [-0.2, -0.15) is 12.6 Å². The fourth-order valence-corrected chi connectivity index (χ4v) is 0.896. The summed E-state index contributed by atoms with van der Waals surface area (Å²) >= 11 is 4.00. The molecular weight excluding hydrogens is 154 g/mol. The molecule has 0 heterocycles. The van der Waals surface area contributed by atoms with Crippen LogP contribution in [-0.2, 0) is 0 Å². The zero-order chi connectivity index (χ0) is 7.98. The van der Waals surface area contributed by atoms with Gasteiger partial charge in [0, 0.05) is 6.42 Å². The third-order valence-electron chi connectivity index (χ3n) is 1.39. The molecule has 0 bridgehead atoms. The van der Waals surface area contributed by atoms with Crippen LogP contribution in [0.1, 0.15) is 19.8 Å². The minimum absolute atomic E-state index is 0.0398. The molecule has 0 amide bonds. The van der Waals surface area contributed by atoms with E-state index < -0.39 is 12.8 Å². The highest BCUT2D eigenvalue weighted by molar-refractivity contribution is 7.80. The molecule has 62 valence electrons. The van der Waals surface area contributed by atoms with Crippen molar-refractivity contribution in [3.8, 4) is 0 Å². The number of thiol groups is 1. The fraction of sp³-hybridized carbons (Fsp3) is 1.00. The Morgan fingerprint density at radius 3 is 2.50 bits per heavy atom. The molecule has 10 heavy (non-hydrogen) atoms. The molecule has 0 N–H and O–H groups in total. The molecule has 0 aromatic rings. The first-order valence-electron chi connectivity index (χ1n) is 3.51. The Balaban J connectivity index is 3.27. The predicted octanol–water partition coefficient (Wildman–Crippen LogP) is 2.64. The molecule has 0 aliphatic carbocycles. The van der Waals surface area contributed by atoms with E-state index in [0.717, 1.165) is 0 Å². The minimum Gasteiger partial charge on any atom is -0.251 e. The Morgan fingerprint density at radius 1 is 1.50 bits per heavy atom. The van der Waals surface area contributed by atoms with Gasteiger partial charge in [0.1, 0.15) is 6.17 Å². The van der Waals surface area contributed by atoms with Crippen LogP contribution in [0.2, 0.25) is 0 Å². The first kappa shape index (κ1) is 10.2. The number of alkyl halides is 2. The molecule has 0 saturated heterocycles. The van der Waals surface area contributed by atoms with Gasteiger partial charge in [0.2, 0.25) is 0 Å². The van der Waals surface area contributed by atoms with Crippen LogP contribution in [-0.4, -0.2) is 18.6 Å². The topological polar surface area (TPSA) is 0 Å². The number of hydrogen-bond donors (Lipinski definition) is 1. The monoisotopic (exact) mass is 168 g/mol. The summed E-state index contributed by atoms with van der Waals surface area (Å²) in [5.41, 5.74) is 0. The highest BCUT2D eigenvalue weighted by Gasteiger charge is 2.09. The molecule has 0 spiro atoms. The Morgan fingerprint density at radius 2 is 2.10 bits per heavy atom. The molecule has 0 aromatic heterocycles. The van der Waals surface area contributed by atoms with Gasteiger partial charge in [-0.25, -0.2) is 4.39 Å². The standard InChI is InChI=1S/C7H14F2S/c1-6(5-10)4-7(9)2-3-8/h6-7,10H,2-5H2,1H3. The summed E-state index contributed by atoms with van der Waals surface area (Å²) in [6.45, 7) is 1.36. The summed E-state index contributed by atoms with van der Waals surface area (Å²) in [4.78, 5) is 0. The number of hydrogen-bond acceptors (Lipinski definition) is 1. The molecule has 2 unspecified atom stereocenters. The van der Waals surface area contributed by atoms with E-state index >= 15 is 0 Å². The quantitative estimate of drug-likeness (QED) is 0.599. The van der Waals surface area contributed by atoms with Crippen molar-refractivity contribution < 1.29 is 8.78 Å². The van der Waals surface area contributed by atoms with Crippen molar-refractivity contribution in [1.29, 1.82) is 0 Å². The second kappa shape index (κ2) is 5.96. The van der Waals surface area contributed by atoms with E-state index in [1.54, 1.807) is 0 Å².